The Morgan fingerprint density at radius 2 is 1.87 bits per heavy atom. The summed E-state index contributed by atoms with van der Waals surface area (Å²) in [6.45, 7) is 0.471. The Morgan fingerprint density at radius 1 is 1.13 bits per heavy atom. The molecule has 1 aliphatic rings. The number of hydrogen-bond donors (Lipinski definition) is 1. The van der Waals surface area contributed by atoms with Crippen molar-refractivity contribution in [1.29, 1.82) is 0 Å². The second kappa shape index (κ2) is 7.92. The van der Waals surface area contributed by atoms with Gasteiger partial charge in [-0.05, 0) is 36.6 Å². The molecule has 0 spiro atoms. The molecule has 1 N–H and O–H groups in total. The number of carbonyl (C=O) groups excluding carboxylic acids is 1. The molecule has 1 amide bonds. The first kappa shape index (κ1) is 20.1. The Hall–Kier alpha value is -3.17. The van der Waals surface area contributed by atoms with Crippen LogP contribution in [0.1, 0.15) is 42.1 Å². The molecule has 1 aromatic carbocycles. The quantitative estimate of drug-likeness (QED) is 0.582. The molecule has 1 saturated carbocycles. The molecule has 0 aliphatic heterocycles. The number of anilines is 1. The molecular weight excluding hydrogens is 402 g/mol. The number of aromatic nitrogens is 4. The van der Waals surface area contributed by atoms with Crippen molar-refractivity contribution < 1.29 is 22.4 Å². The van der Waals surface area contributed by atoms with Crippen LogP contribution in [0.25, 0.3) is 0 Å². The van der Waals surface area contributed by atoms with E-state index in [4.69, 9.17) is 0 Å². The molecule has 4 rings (SSSR count). The molecule has 6 nitrogen and oxygen atoms in total. The summed E-state index contributed by atoms with van der Waals surface area (Å²) in [4.78, 5) is 12.2. The highest BCUT2D eigenvalue weighted by Crippen LogP contribution is 2.42. The lowest BCUT2D eigenvalue weighted by molar-refractivity contribution is -0.141. The molecule has 1 aliphatic carbocycles. The van der Waals surface area contributed by atoms with Crippen LogP contribution < -0.4 is 5.32 Å². The van der Waals surface area contributed by atoms with E-state index in [0.29, 0.717) is 18.1 Å². The van der Waals surface area contributed by atoms with Crippen molar-refractivity contribution in [3.8, 4) is 0 Å². The van der Waals surface area contributed by atoms with Crippen molar-refractivity contribution in [3.63, 3.8) is 0 Å². The van der Waals surface area contributed by atoms with E-state index in [9.17, 15) is 22.4 Å². The molecule has 30 heavy (non-hydrogen) atoms. The minimum atomic E-state index is -4.51. The molecule has 10 heteroatoms. The van der Waals surface area contributed by atoms with Gasteiger partial charge in [-0.15, -0.1) is 0 Å². The zero-order valence-electron chi connectivity index (χ0n) is 15.9. The molecule has 0 bridgehead atoms. The van der Waals surface area contributed by atoms with Crippen LogP contribution in [0.3, 0.4) is 0 Å². The van der Waals surface area contributed by atoms with Gasteiger partial charge in [-0.3, -0.25) is 14.2 Å². The number of nitrogens with one attached hydrogen (secondary N) is 1. The minimum absolute atomic E-state index is 0.0243. The monoisotopic (exact) mass is 421 g/mol. The van der Waals surface area contributed by atoms with Gasteiger partial charge in [0.1, 0.15) is 5.82 Å². The normalized spacial score (nSPS) is 14.1. The summed E-state index contributed by atoms with van der Waals surface area (Å²) in [5.74, 6) is -0.274. The SMILES string of the molecule is O=C(CCn1nc(C(F)(F)F)cc1C1CC1)Nc1ccn(Cc2ccc(F)cc2)n1. The van der Waals surface area contributed by atoms with Gasteiger partial charge in [0.05, 0.1) is 6.54 Å². The third-order valence-corrected chi connectivity index (χ3v) is 4.81. The summed E-state index contributed by atoms with van der Waals surface area (Å²) in [6, 6.07) is 8.70. The summed E-state index contributed by atoms with van der Waals surface area (Å²) in [5, 5.41) is 10.5. The fourth-order valence-electron chi connectivity index (χ4n) is 3.16. The van der Waals surface area contributed by atoms with Crippen molar-refractivity contribution in [2.75, 3.05) is 5.32 Å². The maximum absolute atomic E-state index is 13.0. The van der Waals surface area contributed by atoms with E-state index in [1.54, 1.807) is 29.1 Å². The highest BCUT2D eigenvalue weighted by molar-refractivity contribution is 5.89. The fraction of sp³-hybridized carbons (Fsp3) is 0.350. The Bertz CT molecular complexity index is 1030. The number of rotatable bonds is 7. The fourth-order valence-corrected chi connectivity index (χ4v) is 3.16. The van der Waals surface area contributed by atoms with Gasteiger partial charge in [0.2, 0.25) is 5.91 Å². The van der Waals surface area contributed by atoms with Gasteiger partial charge in [0.15, 0.2) is 11.5 Å². The van der Waals surface area contributed by atoms with Crippen molar-refractivity contribution >= 4 is 11.7 Å². The molecule has 0 saturated heterocycles. The topological polar surface area (TPSA) is 64.7 Å². The average molecular weight is 421 g/mol. The second-order valence-corrected chi connectivity index (χ2v) is 7.27. The standard InChI is InChI=1S/C20H19F4N5O/c21-15-5-1-13(2-6-15)12-28-9-7-18(27-28)25-19(30)8-10-29-16(14-3-4-14)11-17(26-29)20(22,23)24/h1-2,5-7,9,11,14H,3-4,8,10,12H2,(H,25,27,30). The molecule has 2 heterocycles. The Kier molecular flexibility index (Phi) is 5.31. The highest BCUT2D eigenvalue weighted by Gasteiger charge is 2.37. The molecule has 3 aromatic rings. The van der Waals surface area contributed by atoms with E-state index < -0.39 is 11.9 Å². The van der Waals surface area contributed by atoms with Crippen LogP contribution in [0.15, 0.2) is 42.6 Å². The van der Waals surface area contributed by atoms with Crippen LogP contribution in [0, 0.1) is 5.82 Å². The first-order chi connectivity index (χ1) is 14.3. The molecule has 0 unspecified atom stereocenters. The zero-order chi connectivity index (χ0) is 21.3. The van der Waals surface area contributed by atoms with Gasteiger partial charge in [-0.2, -0.15) is 23.4 Å². The predicted octanol–water partition coefficient (Wildman–Crippen LogP) is 4.19. The number of benzene rings is 1. The van der Waals surface area contributed by atoms with Gasteiger partial charge in [0, 0.05) is 36.8 Å². The van der Waals surface area contributed by atoms with Crippen LogP contribution >= 0.6 is 0 Å². The Labute approximate surface area is 169 Å². The minimum Gasteiger partial charge on any atom is -0.309 e. The van der Waals surface area contributed by atoms with Crippen molar-refractivity contribution in [1.82, 2.24) is 19.6 Å². The molecular formula is C20H19F4N5O. The third-order valence-electron chi connectivity index (χ3n) is 4.81. The summed E-state index contributed by atoms with van der Waals surface area (Å²) in [6.07, 6.45) is -1.19. The van der Waals surface area contributed by atoms with Gasteiger partial charge >= 0.3 is 6.18 Å². The second-order valence-electron chi connectivity index (χ2n) is 7.27. The lowest BCUT2D eigenvalue weighted by Crippen LogP contribution is -2.17. The number of alkyl halides is 3. The predicted molar refractivity (Wildman–Crippen MR) is 100 cm³/mol. The third kappa shape index (κ3) is 4.87. The molecule has 2 aromatic heterocycles. The van der Waals surface area contributed by atoms with Crippen LogP contribution in [-0.4, -0.2) is 25.5 Å². The number of carbonyl (C=O) groups is 1. The number of halogens is 4. The number of aryl methyl sites for hydroxylation is 1. The molecule has 158 valence electrons. The maximum atomic E-state index is 13.0. The van der Waals surface area contributed by atoms with Crippen molar-refractivity contribution in [3.05, 3.63) is 65.4 Å². The summed E-state index contributed by atoms with van der Waals surface area (Å²) in [7, 11) is 0. The highest BCUT2D eigenvalue weighted by atomic mass is 19.4. The first-order valence-electron chi connectivity index (χ1n) is 9.50. The van der Waals surface area contributed by atoms with E-state index >= 15 is 0 Å². The van der Waals surface area contributed by atoms with E-state index in [-0.39, 0.29) is 30.6 Å². The van der Waals surface area contributed by atoms with Crippen LogP contribution in [0.2, 0.25) is 0 Å². The van der Waals surface area contributed by atoms with E-state index in [1.807, 2.05) is 0 Å². The van der Waals surface area contributed by atoms with Gasteiger partial charge in [-0.1, -0.05) is 12.1 Å². The lowest BCUT2D eigenvalue weighted by Gasteiger charge is -2.07. The number of amides is 1. The summed E-state index contributed by atoms with van der Waals surface area (Å²) >= 11 is 0. The van der Waals surface area contributed by atoms with Crippen LogP contribution in [-0.2, 0) is 24.1 Å². The summed E-state index contributed by atoms with van der Waals surface area (Å²) in [5.41, 5.74) is 0.451. The number of hydrogen-bond acceptors (Lipinski definition) is 3. The van der Waals surface area contributed by atoms with Gasteiger partial charge in [0.25, 0.3) is 0 Å². The average Bonchev–Trinajstić information content (AvgIpc) is 3.28. The Balaban J connectivity index is 1.34. The zero-order valence-corrected chi connectivity index (χ0v) is 15.9. The first-order valence-corrected chi connectivity index (χ1v) is 9.50. The van der Waals surface area contributed by atoms with E-state index in [1.165, 1.54) is 16.8 Å². The molecule has 1 fully saturated rings. The van der Waals surface area contributed by atoms with E-state index in [2.05, 4.69) is 15.5 Å². The molecule has 0 radical (unpaired) electrons. The van der Waals surface area contributed by atoms with Gasteiger partial charge in [-0.25, -0.2) is 4.39 Å². The smallest absolute Gasteiger partial charge is 0.309 e. The largest absolute Gasteiger partial charge is 0.435 e. The van der Waals surface area contributed by atoms with Crippen molar-refractivity contribution in [2.24, 2.45) is 0 Å². The van der Waals surface area contributed by atoms with Crippen molar-refractivity contribution in [2.45, 2.75) is 44.4 Å². The number of nitrogens with zero attached hydrogens (tertiary/aromatic N) is 4. The van der Waals surface area contributed by atoms with E-state index in [0.717, 1.165) is 24.5 Å². The molecule has 0 atom stereocenters. The van der Waals surface area contributed by atoms with Gasteiger partial charge < -0.3 is 5.32 Å². The van der Waals surface area contributed by atoms with Crippen LogP contribution in [0.5, 0.6) is 0 Å². The summed E-state index contributed by atoms with van der Waals surface area (Å²) < 4.78 is 54.7. The van der Waals surface area contributed by atoms with Crippen LogP contribution in [0.4, 0.5) is 23.4 Å². The lowest BCUT2D eigenvalue weighted by atomic mass is 10.2. The maximum Gasteiger partial charge on any atom is 0.435 e. The Morgan fingerprint density at radius 3 is 2.53 bits per heavy atom.